The Morgan fingerprint density at radius 1 is 1.13 bits per heavy atom. The number of nitrogens with zero attached hydrogens (tertiary/aromatic N) is 2. The summed E-state index contributed by atoms with van der Waals surface area (Å²) in [4.78, 5) is 13.8. The maximum Gasteiger partial charge on any atom is 0.242 e. The van der Waals surface area contributed by atoms with Crippen molar-refractivity contribution in [3.8, 4) is 0 Å². The smallest absolute Gasteiger partial charge is 0.242 e. The molecule has 0 N–H and O–H groups in total. The maximum atomic E-state index is 11.9. The van der Waals surface area contributed by atoms with Gasteiger partial charge in [0.15, 0.2) is 0 Å². The first kappa shape index (κ1) is 11.8. The average Bonchev–Trinajstić information content (AvgIpc) is 2.70. The van der Waals surface area contributed by atoms with Crippen molar-refractivity contribution < 1.29 is 4.79 Å². The fourth-order valence-electron chi connectivity index (χ4n) is 1.63. The molecule has 15 heavy (non-hydrogen) atoms. The van der Waals surface area contributed by atoms with Crippen LogP contribution in [0.4, 0.5) is 0 Å². The molecule has 1 heterocycles. The molecule has 3 heteroatoms. The summed E-state index contributed by atoms with van der Waals surface area (Å²) in [5.41, 5.74) is 0. The largest absolute Gasteiger partial charge is 0.345 e. The molecule has 0 aromatic carbocycles. The Kier molecular flexibility index (Phi) is 4.95. The van der Waals surface area contributed by atoms with Gasteiger partial charge in [-0.3, -0.25) is 4.79 Å². The highest BCUT2D eigenvalue weighted by molar-refractivity contribution is 5.75. The standard InChI is InChI=1S/C12H20N2O/c1-3-7-14(8-4-2)12(15)11-13-9-5-6-10-13/h5-6,9-10H,3-4,7-8,11H2,1-2H3. The van der Waals surface area contributed by atoms with Crippen molar-refractivity contribution in [2.45, 2.75) is 33.2 Å². The minimum Gasteiger partial charge on any atom is -0.345 e. The van der Waals surface area contributed by atoms with Gasteiger partial charge in [-0.15, -0.1) is 0 Å². The van der Waals surface area contributed by atoms with Crippen LogP contribution >= 0.6 is 0 Å². The van der Waals surface area contributed by atoms with E-state index in [1.807, 2.05) is 34.0 Å². The Bertz CT molecular complexity index is 274. The molecule has 0 saturated carbocycles. The lowest BCUT2D eigenvalue weighted by Crippen LogP contribution is -2.34. The van der Waals surface area contributed by atoms with E-state index in [4.69, 9.17) is 0 Å². The molecular formula is C12H20N2O. The van der Waals surface area contributed by atoms with Gasteiger partial charge in [0.2, 0.25) is 5.91 Å². The number of rotatable bonds is 6. The van der Waals surface area contributed by atoms with E-state index >= 15 is 0 Å². The van der Waals surface area contributed by atoms with Crippen molar-refractivity contribution in [2.24, 2.45) is 0 Å². The van der Waals surface area contributed by atoms with E-state index < -0.39 is 0 Å². The van der Waals surface area contributed by atoms with Gasteiger partial charge in [-0.1, -0.05) is 13.8 Å². The molecule has 0 aliphatic rings. The van der Waals surface area contributed by atoms with Gasteiger partial charge in [0, 0.05) is 25.5 Å². The highest BCUT2D eigenvalue weighted by Crippen LogP contribution is 1.99. The summed E-state index contributed by atoms with van der Waals surface area (Å²) in [6, 6.07) is 3.88. The maximum absolute atomic E-state index is 11.9. The van der Waals surface area contributed by atoms with Gasteiger partial charge < -0.3 is 9.47 Å². The molecule has 0 saturated heterocycles. The van der Waals surface area contributed by atoms with Crippen molar-refractivity contribution in [1.82, 2.24) is 9.47 Å². The number of aromatic nitrogens is 1. The van der Waals surface area contributed by atoms with Gasteiger partial charge in [-0.2, -0.15) is 0 Å². The van der Waals surface area contributed by atoms with Crippen LogP contribution in [0.3, 0.4) is 0 Å². The van der Waals surface area contributed by atoms with E-state index in [0.717, 1.165) is 25.9 Å². The number of carbonyl (C=O) groups is 1. The quantitative estimate of drug-likeness (QED) is 0.703. The van der Waals surface area contributed by atoms with Gasteiger partial charge in [0.1, 0.15) is 6.54 Å². The summed E-state index contributed by atoms with van der Waals surface area (Å²) in [7, 11) is 0. The van der Waals surface area contributed by atoms with Gasteiger partial charge in [0.25, 0.3) is 0 Å². The Hall–Kier alpha value is -1.25. The number of carbonyl (C=O) groups excluding carboxylic acids is 1. The lowest BCUT2D eigenvalue weighted by Gasteiger charge is -2.21. The summed E-state index contributed by atoms with van der Waals surface area (Å²) in [6.45, 7) is 6.41. The second-order valence-electron chi connectivity index (χ2n) is 3.74. The summed E-state index contributed by atoms with van der Waals surface area (Å²) in [5.74, 6) is 0.218. The van der Waals surface area contributed by atoms with Crippen LogP contribution in [0.1, 0.15) is 26.7 Å². The molecule has 3 nitrogen and oxygen atoms in total. The number of hydrogen-bond acceptors (Lipinski definition) is 1. The number of amides is 1. The van der Waals surface area contributed by atoms with Crippen LogP contribution in [0.15, 0.2) is 24.5 Å². The van der Waals surface area contributed by atoms with Gasteiger partial charge in [-0.05, 0) is 25.0 Å². The van der Waals surface area contributed by atoms with Crippen molar-refractivity contribution in [1.29, 1.82) is 0 Å². The third kappa shape index (κ3) is 3.78. The van der Waals surface area contributed by atoms with Crippen LogP contribution in [0, 0.1) is 0 Å². The fourth-order valence-corrected chi connectivity index (χ4v) is 1.63. The van der Waals surface area contributed by atoms with E-state index in [2.05, 4.69) is 13.8 Å². The normalized spacial score (nSPS) is 10.3. The van der Waals surface area contributed by atoms with Crippen molar-refractivity contribution in [3.05, 3.63) is 24.5 Å². The van der Waals surface area contributed by atoms with Gasteiger partial charge in [0.05, 0.1) is 0 Å². The van der Waals surface area contributed by atoms with Crippen LogP contribution in [0.5, 0.6) is 0 Å². The molecule has 0 radical (unpaired) electrons. The summed E-state index contributed by atoms with van der Waals surface area (Å²) in [5, 5.41) is 0. The first-order valence-corrected chi connectivity index (χ1v) is 5.66. The van der Waals surface area contributed by atoms with Crippen LogP contribution < -0.4 is 0 Å². The summed E-state index contributed by atoms with van der Waals surface area (Å²) >= 11 is 0. The monoisotopic (exact) mass is 208 g/mol. The fraction of sp³-hybridized carbons (Fsp3) is 0.583. The predicted octanol–water partition coefficient (Wildman–Crippen LogP) is 2.14. The Labute approximate surface area is 91.7 Å². The molecule has 1 aromatic heterocycles. The molecule has 0 bridgehead atoms. The van der Waals surface area contributed by atoms with E-state index in [9.17, 15) is 4.79 Å². The minimum atomic E-state index is 0.218. The zero-order chi connectivity index (χ0) is 11.1. The second-order valence-corrected chi connectivity index (χ2v) is 3.74. The van der Waals surface area contributed by atoms with Gasteiger partial charge >= 0.3 is 0 Å². The van der Waals surface area contributed by atoms with Crippen LogP contribution in [-0.2, 0) is 11.3 Å². The molecule has 0 fully saturated rings. The van der Waals surface area contributed by atoms with Crippen LogP contribution in [-0.4, -0.2) is 28.5 Å². The van der Waals surface area contributed by atoms with E-state index in [-0.39, 0.29) is 5.91 Å². The Morgan fingerprint density at radius 2 is 1.67 bits per heavy atom. The number of hydrogen-bond donors (Lipinski definition) is 0. The predicted molar refractivity (Wildman–Crippen MR) is 61.6 cm³/mol. The second kappa shape index (κ2) is 6.27. The minimum absolute atomic E-state index is 0.218. The summed E-state index contributed by atoms with van der Waals surface area (Å²) < 4.78 is 1.92. The first-order valence-electron chi connectivity index (χ1n) is 5.66. The van der Waals surface area contributed by atoms with Crippen LogP contribution in [0.25, 0.3) is 0 Å². The topological polar surface area (TPSA) is 25.2 Å². The van der Waals surface area contributed by atoms with E-state index in [0.29, 0.717) is 6.54 Å². The zero-order valence-electron chi connectivity index (χ0n) is 9.65. The Morgan fingerprint density at radius 3 is 2.13 bits per heavy atom. The van der Waals surface area contributed by atoms with Crippen molar-refractivity contribution in [3.63, 3.8) is 0 Å². The van der Waals surface area contributed by atoms with E-state index in [1.54, 1.807) is 0 Å². The molecule has 0 atom stereocenters. The first-order chi connectivity index (χ1) is 7.27. The lowest BCUT2D eigenvalue weighted by atomic mass is 10.3. The van der Waals surface area contributed by atoms with Gasteiger partial charge in [-0.25, -0.2) is 0 Å². The van der Waals surface area contributed by atoms with Crippen molar-refractivity contribution >= 4 is 5.91 Å². The molecule has 0 aliphatic carbocycles. The van der Waals surface area contributed by atoms with Crippen LogP contribution in [0.2, 0.25) is 0 Å². The molecule has 1 amide bonds. The van der Waals surface area contributed by atoms with Crippen molar-refractivity contribution in [2.75, 3.05) is 13.1 Å². The Balaban J connectivity index is 2.48. The third-order valence-electron chi connectivity index (χ3n) is 2.32. The SMILES string of the molecule is CCCN(CCC)C(=O)Cn1cccc1. The molecule has 1 aromatic rings. The average molecular weight is 208 g/mol. The van der Waals surface area contributed by atoms with E-state index in [1.165, 1.54) is 0 Å². The zero-order valence-corrected chi connectivity index (χ0v) is 9.65. The highest BCUT2D eigenvalue weighted by Gasteiger charge is 2.11. The molecule has 0 aliphatic heterocycles. The lowest BCUT2D eigenvalue weighted by molar-refractivity contribution is -0.131. The molecule has 84 valence electrons. The molecule has 1 rings (SSSR count). The molecular weight excluding hydrogens is 188 g/mol. The highest BCUT2D eigenvalue weighted by atomic mass is 16.2. The third-order valence-corrected chi connectivity index (χ3v) is 2.32. The summed E-state index contributed by atoms with van der Waals surface area (Å²) in [6.07, 6.45) is 5.90. The molecule has 0 spiro atoms. The molecule has 0 unspecified atom stereocenters.